The predicted molar refractivity (Wildman–Crippen MR) is 122 cm³/mol. The van der Waals surface area contributed by atoms with Crippen molar-refractivity contribution in [1.29, 1.82) is 0 Å². The molecule has 1 aromatic heterocycles. The summed E-state index contributed by atoms with van der Waals surface area (Å²) < 4.78 is 11.5. The Morgan fingerprint density at radius 2 is 1.67 bits per heavy atom. The number of likely N-dealkylation sites (tertiary alicyclic amines) is 2. The maximum Gasteiger partial charge on any atom is 0.236 e. The Hall–Kier alpha value is -2.00. The van der Waals surface area contributed by atoms with Crippen molar-refractivity contribution in [3.05, 3.63) is 11.8 Å². The maximum absolute atomic E-state index is 13.1. The van der Waals surface area contributed by atoms with Crippen LogP contribution in [0.25, 0.3) is 0 Å². The van der Waals surface area contributed by atoms with Gasteiger partial charge in [-0.2, -0.15) is 0 Å². The summed E-state index contributed by atoms with van der Waals surface area (Å²) in [5, 5.41) is 8.63. The standard InChI is InChI=1S/C24H39N5O4/c1-17(2)13-20(30)27-7-5-24(6-8-27)14-19(23-26-25-22(33-23)18(3)4)29(16-24)15-21(31)28-9-11-32-12-10-28/h17-19H,5-16H2,1-4H3. The van der Waals surface area contributed by atoms with Gasteiger partial charge < -0.3 is 19.0 Å². The molecule has 1 unspecified atom stereocenters. The van der Waals surface area contributed by atoms with E-state index in [1.807, 2.05) is 23.6 Å². The molecule has 3 fully saturated rings. The highest BCUT2D eigenvalue weighted by Gasteiger charge is 2.49. The fraction of sp³-hybridized carbons (Fsp3) is 0.833. The van der Waals surface area contributed by atoms with Crippen molar-refractivity contribution in [3.63, 3.8) is 0 Å². The minimum Gasteiger partial charge on any atom is -0.423 e. The molecule has 3 saturated heterocycles. The first kappa shape index (κ1) is 24.1. The molecule has 0 bridgehead atoms. The van der Waals surface area contributed by atoms with Crippen molar-refractivity contribution in [2.24, 2.45) is 11.3 Å². The third-order valence-electron chi connectivity index (χ3n) is 7.30. The van der Waals surface area contributed by atoms with Crippen LogP contribution in [-0.2, 0) is 14.3 Å². The van der Waals surface area contributed by atoms with E-state index in [1.165, 1.54) is 0 Å². The lowest BCUT2D eigenvalue weighted by molar-refractivity contribution is -0.136. The van der Waals surface area contributed by atoms with Gasteiger partial charge in [0.2, 0.25) is 23.6 Å². The topological polar surface area (TPSA) is 92.0 Å². The van der Waals surface area contributed by atoms with Gasteiger partial charge in [-0.25, -0.2) is 0 Å². The van der Waals surface area contributed by atoms with E-state index in [0.29, 0.717) is 57.0 Å². The van der Waals surface area contributed by atoms with Crippen LogP contribution in [0.3, 0.4) is 0 Å². The molecule has 2 amide bonds. The van der Waals surface area contributed by atoms with Gasteiger partial charge in [0.25, 0.3) is 0 Å². The van der Waals surface area contributed by atoms with Gasteiger partial charge in [0.05, 0.1) is 25.8 Å². The molecule has 1 atom stereocenters. The van der Waals surface area contributed by atoms with Crippen molar-refractivity contribution in [1.82, 2.24) is 24.9 Å². The number of rotatable bonds is 6. The number of nitrogens with zero attached hydrogens (tertiary/aromatic N) is 5. The van der Waals surface area contributed by atoms with Crippen LogP contribution in [0.4, 0.5) is 0 Å². The predicted octanol–water partition coefficient (Wildman–Crippen LogP) is 2.45. The maximum atomic E-state index is 13.1. The highest BCUT2D eigenvalue weighted by Crippen LogP contribution is 2.49. The zero-order chi connectivity index (χ0) is 23.6. The lowest BCUT2D eigenvalue weighted by Crippen LogP contribution is -2.47. The van der Waals surface area contributed by atoms with Crippen LogP contribution >= 0.6 is 0 Å². The third-order valence-corrected chi connectivity index (χ3v) is 7.30. The van der Waals surface area contributed by atoms with Crippen LogP contribution in [0.2, 0.25) is 0 Å². The molecular weight excluding hydrogens is 422 g/mol. The summed E-state index contributed by atoms with van der Waals surface area (Å²) >= 11 is 0. The van der Waals surface area contributed by atoms with Gasteiger partial charge in [-0.1, -0.05) is 27.7 Å². The number of hydrogen-bond donors (Lipinski definition) is 0. The molecular formula is C24H39N5O4. The summed E-state index contributed by atoms with van der Waals surface area (Å²) in [6, 6.07) is -0.0621. The Balaban J connectivity index is 1.47. The Kier molecular flexibility index (Phi) is 7.38. The van der Waals surface area contributed by atoms with E-state index in [0.717, 1.165) is 38.9 Å². The number of carbonyl (C=O) groups is 2. The second-order valence-electron chi connectivity index (χ2n) is 10.7. The van der Waals surface area contributed by atoms with Crippen molar-refractivity contribution in [2.45, 2.75) is 65.3 Å². The summed E-state index contributed by atoms with van der Waals surface area (Å²) in [7, 11) is 0. The fourth-order valence-corrected chi connectivity index (χ4v) is 5.33. The number of aromatic nitrogens is 2. The largest absolute Gasteiger partial charge is 0.423 e. The normalized spacial score (nSPS) is 23.8. The van der Waals surface area contributed by atoms with E-state index in [2.05, 4.69) is 28.9 Å². The number of hydrogen-bond acceptors (Lipinski definition) is 7. The zero-order valence-corrected chi connectivity index (χ0v) is 20.6. The first-order valence-corrected chi connectivity index (χ1v) is 12.5. The molecule has 9 heteroatoms. The summed E-state index contributed by atoms with van der Waals surface area (Å²) in [6.07, 6.45) is 3.38. The molecule has 0 N–H and O–H groups in total. The van der Waals surface area contributed by atoms with Gasteiger partial charge in [0.15, 0.2) is 0 Å². The van der Waals surface area contributed by atoms with E-state index in [9.17, 15) is 9.59 Å². The number of ether oxygens (including phenoxy) is 1. The third kappa shape index (κ3) is 5.57. The van der Waals surface area contributed by atoms with E-state index < -0.39 is 0 Å². The Bertz CT molecular complexity index is 825. The SMILES string of the molecule is CC(C)CC(=O)N1CCC2(CC1)CC(c1nnc(C(C)C)o1)N(CC(=O)N1CCOCC1)C2. The van der Waals surface area contributed by atoms with Crippen LogP contribution in [-0.4, -0.2) is 89.2 Å². The van der Waals surface area contributed by atoms with E-state index >= 15 is 0 Å². The highest BCUT2D eigenvalue weighted by molar-refractivity contribution is 5.78. The van der Waals surface area contributed by atoms with Crippen LogP contribution in [0.1, 0.15) is 77.1 Å². The monoisotopic (exact) mass is 461 g/mol. The molecule has 0 radical (unpaired) electrons. The molecule has 3 aliphatic rings. The van der Waals surface area contributed by atoms with E-state index in [1.54, 1.807) is 0 Å². The first-order chi connectivity index (χ1) is 15.8. The van der Waals surface area contributed by atoms with Crippen molar-refractivity contribution in [3.8, 4) is 0 Å². The van der Waals surface area contributed by atoms with Gasteiger partial charge in [-0.05, 0) is 30.6 Å². The van der Waals surface area contributed by atoms with Crippen LogP contribution in [0.5, 0.6) is 0 Å². The van der Waals surface area contributed by atoms with Crippen molar-refractivity contribution < 1.29 is 18.7 Å². The highest BCUT2D eigenvalue weighted by atomic mass is 16.5. The second-order valence-corrected chi connectivity index (χ2v) is 10.7. The first-order valence-electron chi connectivity index (χ1n) is 12.5. The van der Waals surface area contributed by atoms with Crippen LogP contribution < -0.4 is 0 Å². The lowest BCUT2D eigenvalue weighted by atomic mass is 9.76. The number of morpholine rings is 1. The zero-order valence-electron chi connectivity index (χ0n) is 20.6. The molecule has 33 heavy (non-hydrogen) atoms. The number of piperidine rings is 1. The Labute approximate surface area is 196 Å². The fourth-order valence-electron chi connectivity index (χ4n) is 5.33. The summed E-state index contributed by atoms with van der Waals surface area (Å²) in [5.74, 6) is 2.18. The molecule has 0 aromatic carbocycles. The summed E-state index contributed by atoms with van der Waals surface area (Å²) in [5.41, 5.74) is 0.0665. The summed E-state index contributed by atoms with van der Waals surface area (Å²) in [6.45, 7) is 13.5. The molecule has 3 aliphatic heterocycles. The average molecular weight is 462 g/mol. The Morgan fingerprint density at radius 3 is 2.27 bits per heavy atom. The smallest absolute Gasteiger partial charge is 0.236 e. The minimum absolute atomic E-state index is 0.0621. The minimum atomic E-state index is -0.0621. The van der Waals surface area contributed by atoms with Crippen LogP contribution in [0.15, 0.2) is 4.42 Å². The molecule has 9 nitrogen and oxygen atoms in total. The molecule has 0 saturated carbocycles. The van der Waals surface area contributed by atoms with Gasteiger partial charge in [-0.15, -0.1) is 10.2 Å². The lowest BCUT2D eigenvalue weighted by Gasteiger charge is -2.39. The van der Waals surface area contributed by atoms with E-state index in [4.69, 9.17) is 9.15 Å². The Morgan fingerprint density at radius 1 is 1.00 bits per heavy atom. The quantitative estimate of drug-likeness (QED) is 0.642. The molecule has 1 spiro atoms. The second kappa shape index (κ2) is 10.1. The van der Waals surface area contributed by atoms with Crippen molar-refractivity contribution >= 4 is 11.8 Å². The number of carbonyl (C=O) groups excluding carboxylic acids is 2. The van der Waals surface area contributed by atoms with Crippen molar-refractivity contribution in [2.75, 3.05) is 52.5 Å². The van der Waals surface area contributed by atoms with Gasteiger partial charge in [0.1, 0.15) is 0 Å². The van der Waals surface area contributed by atoms with Gasteiger partial charge in [-0.3, -0.25) is 14.5 Å². The average Bonchev–Trinajstić information content (AvgIpc) is 3.40. The molecule has 0 aliphatic carbocycles. The number of amides is 2. The summed E-state index contributed by atoms with van der Waals surface area (Å²) in [4.78, 5) is 31.8. The van der Waals surface area contributed by atoms with Crippen LogP contribution in [0, 0.1) is 11.3 Å². The molecule has 4 heterocycles. The molecule has 184 valence electrons. The molecule has 4 rings (SSSR count). The van der Waals surface area contributed by atoms with Gasteiger partial charge >= 0.3 is 0 Å². The van der Waals surface area contributed by atoms with E-state index in [-0.39, 0.29) is 29.2 Å². The van der Waals surface area contributed by atoms with Gasteiger partial charge in [0, 0.05) is 45.1 Å². The molecule has 1 aromatic rings.